The number of hydrogen-bond acceptors (Lipinski definition) is 1. The summed E-state index contributed by atoms with van der Waals surface area (Å²) in [6.07, 6.45) is 1.53. The number of nitrogens with one attached hydrogen (secondary N) is 1. The van der Waals surface area contributed by atoms with Crippen molar-refractivity contribution >= 4 is 0 Å². The molecule has 1 unspecified atom stereocenters. The molecule has 1 N–H and O–H groups in total. The zero-order valence-corrected chi connectivity index (χ0v) is 7.41. The lowest BCUT2D eigenvalue weighted by atomic mass is 10.1. The highest BCUT2D eigenvalue weighted by molar-refractivity contribution is 5.04. The minimum atomic E-state index is -2.69. The molecule has 0 saturated carbocycles. The Bertz CT molecular complexity index is 143. The third kappa shape index (κ3) is 4.09. The normalized spacial score (nSPS) is 14.4. The van der Waals surface area contributed by atoms with Crippen molar-refractivity contribution < 1.29 is 8.78 Å². The average molecular weight is 163 g/mol. The zero-order valence-electron chi connectivity index (χ0n) is 7.41. The lowest BCUT2D eigenvalue weighted by molar-refractivity contribution is -0.000396. The summed E-state index contributed by atoms with van der Waals surface area (Å²) >= 11 is 0. The van der Waals surface area contributed by atoms with Gasteiger partial charge in [0.1, 0.15) is 0 Å². The fraction of sp³-hybridized carbons (Fsp3) is 0.750. The number of halogens is 2. The van der Waals surface area contributed by atoms with Gasteiger partial charge in [0.05, 0.1) is 6.04 Å². The first-order valence-corrected chi connectivity index (χ1v) is 3.58. The summed E-state index contributed by atoms with van der Waals surface area (Å²) in [5.41, 5.74) is 0.894. The van der Waals surface area contributed by atoms with E-state index in [1.807, 2.05) is 0 Å². The molecule has 11 heavy (non-hydrogen) atoms. The van der Waals surface area contributed by atoms with Crippen molar-refractivity contribution in [3.63, 3.8) is 0 Å². The van der Waals surface area contributed by atoms with E-state index in [4.69, 9.17) is 0 Å². The van der Waals surface area contributed by atoms with E-state index in [-0.39, 0.29) is 0 Å². The van der Waals surface area contributed by atoms with Crippen molar-refractivity contribution in [2.24, 2.45) is 0 Å². The summed E-state index contributed by atoms with van der Waals surface area (Å²) in [6, 6.07) is -0.854. The predicted molar refractivity (Wildman–Crippen MR) is 42.9 cm³/mol. The number of allylic oxidation sites excluding steroid dienone is 1. The molecule has 0 aromatic heterocycles. The second-order valence-corrected chi connectivity index (χ2v) is 2.97. The van der Waals surface area contributed by atoms with Crippen LogP contribution in [0.5, 0.6) is 0 Å². The molecule has 0 amide bonds. The molecule has 0 aromatic carbocycles. The molecule has 3 heteroatoms. The van der Waals surface area contributed by atoms with Gasteiger partial charge in [-0.1, -0.05) is 11.6 Å². The first-order valence-electron chi connectivity index (χ1n) is 3.58. The van der Waals surface area contributed by atoms with Gasteiger partial charge in [0.25, 0.3) is 5.92 Å². The molecule has 0 rings (SSSR count). The van der Waals surface area contributed by atoms with Crippen LogP contribution in [0.4, 0.5) is 8.78 Å². The van der Waals surface area contributed by atoms with E-state index in [0.29, 0.717) is 0 Å². The Hall–Kier alpha value is -0.440. The molecule has 0 aliphatic rings. The fourth-order valence-electron chi connectivity index (χ4n) is 0.816. The van der Waals surface area contributed by atoms with Crippen molar-refractivity contribution in [2.75, 3.05) is 7.05 Å². The minimum Gasteiger partial charge on any atom is -0.309 e. The summed E-state index contributed by atoms with van der Waals surface area (Å²) < 4.78 is 25.3. The number of hydrogen-bond donors (Lipinski definition) is 1. The van der Waals surface area contributed by atoms with Crippen LogP contribution in [-0.2, 0) is 0 Å². The van der Waals surface area contributed by atoms with Crippen LogP contribution in [0.3, 0.4) is 0 Å². The topological polar surface area (TPSA) is 12.0 Å². The number of rotatable bonds is 3. The Morgan fingerprint density at radius 2 is 1.91 bits per heavy atom. The second-order valence-electron chi connectivity index (χ2n) is 2.97. The van der Waals surface area contributed by atoms with E-state index in [1.165, 1.54) is 13.1 Å². The third-order valence-corrected chi connectivity index (χ3v) is 1.36. The number of likely N-dealkylation sites (N-methyl/N-ethyl adjacent to an activating group) is 1. The van der Waals surface area contributed by atoms with Crippen molar-refractivity contribution in [2.45, 2.75) is 32.7 Å². The largest absolute Gasteiger partial charge is 0.309 e. The maximum atomic E-state index is 12.6. The summed E-state index contributed by atoms with van der Waals surface area (Å²) in [6.45, 7) is 4.51. The average Bonchev–Trinajstić information content (AvgIpc) is 1.79. The molecule has 66 valence electrons. The van der Waals surface area contributed by atoms with E-state index < -0.39 is 12.0 Å². The summed E-state index contributed by atoms with van der Waals surface area (Å²) in [5.74, 6) is -2.69. The zero-order chi connectivity index (χ0) is 9.07. The molecule has 0 saturated heterocycles. The van der Waals surface area contributed by atoms with E-state index in [9.17, 15) is 8.78 Å². The highest BCUT2D eigenvalue weighted by Gasteiger charge is 2.30. The SMILES string of the molecule is CNC(C=C(C)C)C(C)(F)F. The van der Waals surface area contributed by atoms with Crippen molar-refractivity contribution in [3.05, 3.63) is 11.6 Å². The van der Waals surface area contributed by atoms with Crippen LogP contribution in [0.1, 0.15) is 20.8 Å². The summed E-state index contributed by atoms with van der Waals surface area (Å²) in [5, 5.41) is 2.55. The van der Waals surface area contributed by atoms with Gasteiger partial charge in [-0.2, -0.15) is 0 Å². The molecule has 0 bridgehead atoms. The molecule has 0 fully saturated rings. The van der Waals surface area contributed by atoms with Crippen LogP contribution in [0.15, 0.2) is 11.6 Å². The van der Waals surface area contributed by atoms with Gasteiger partial charge in [-0.25, -0.2) is 8.78 Å². The lowest BCUT2D eigenvalue weighted by Crippen LogP contribution is -2.39. The molecule has 0 aromatic rings. The van der Waals surface area contributed by atoms with Gasteiger partial charge in [0.15, 0.2) is 0 Å². The Labute approximate surface area is 66.5 Å². The fourth-order valence-corrected chi connectivity index (χ4v) is 0.816. The van der Waals surface area contributed by atoms with Crippen LogP contribution in [0, 0.1) is 0 Å². The van der Waals surface area contributed by atoms with E-state index in [1.54, 1.807) is 13.8 Å². The van der Waals surface area contributed by atoms with Crippen LogP contribution in [-0.4, -0.2) is 19.0 Å². The quantitative estimate of drug-likeness (QED) is 0.629. The monoisotopic (exact) mass is 163 g/mol. The van der Waals surface area contributed by atoms with Gasteiger partial charge in [-0.15, -0.1) is 0 Å². The Kier molecular flexibility index (Phi) is 3.66. The standard InChI is InChI=1S/C8H15F2N/c1-6(2)5-7(11-4)8(3,9)10/h5,7,11H,1-4H3. The Morgan fingerprint density at radius 1 is 1.45 bits per heavy atom. The first-order chi connectivity index (χ1) is 4.88. The highest BCUT2D eigenvalue weighted by Crippen LogP contribution is 2.18. The van der Waals surface area contributed by atoms with Crippen LogP contribution >= 0.6 is 0 Å². The van der Waals surface area contributed by atoms with E-state index in [0.717, 1.165) is 12.5 Å². The Morgan fingerprint density at radius 3 is 2.00 bits per heavy atom. The lowest BCUT2D eigenvalue weighted by Gasteiger charge is -2.19. The molecule has 1 nitrogen and oxygen atoms in total. The van der Waals surface area contributed by atoms with Gasteiger partial charge in [-0.3, -0.25) is 0 Å². The van der Waals surface area contributed by atoms with Gasteiger partial charge in [-0.05, 0) is 20.9 Å². The van der Waals surface area contributed by atoms with Crippen molar-refractivity contribution in [1.82, 2.24) is 5.32 Å². The summed E-state index contributed by atoms with van der Waals surface area (Å²) in [7, 11) is 1.53. The molecular formula is C8H15F2N. The second kappa shape index (κ2) is 3.81. The molecule has 0 radical (unpaired) electrons. The van der Waals surface area contributed by atoms with Gasteiger partial charge in [0.2, 0.25) is 0 Å². The smallest absolute Gasteiger partial charge is 0.263 e. The first kappa shape index (κ1) is 10.6. The molecule has 0 aliphatic heterocycles. The highest BCUT2D eigenvalue weighted by atomic mass is 19.3. The molecular weight excluding hydrogens is 148 g/mol. The minimum absolute atomic E-state index is 0.854. The van der Waals surface area contributed by atoms with Crippen molar-refractivity contribution in [1.29, 1.82) is 0 Å². The Balaban J connectivity index is 4.31. The van der Waals surface area contributed by atoms with Gasteiger partial charge >= 0.3 is 0 Å². The molecule has 1 atom stereocenters. The molecule has 0 spiro atoms. The molecule has 0 aliphatic carbocycles. The number of alkyl halides is 2. The summed E-state index contributed by atoms with van der Waals surface area (Å²) in [4.78, 5) is 0. The predicted octanol–water partition coefficient (Wildman–Crippen LogP) is 2.20. The maximum Gasteiger partial charge on any atom is 0.263 e. The van der Waals surface area contributed by atoms with Crippen molar-refractivity contribution in [3.8, 4) is 0 Å². The third-order valence-electron chi connectivity index (χ3n) is 1.36. The van der Waals surface area contributed by atoms with Crippen LogP contribution in [0.2, 0.25) is 0 Å². The van der Waals surface area contributed by atoms with E-state index in [2.05, 4.69) is 5.32 Å². The van der Waals surface area contributed by atoms with E-state index >= 15 is 0 Å². The van der Waals surface area contributed by atoms with Crippen LogP contribution < -0.4 is 5.32 Å². The van der Waals surface area contributed by atoms with Crippen LogP contribution in [0.25, 0.3) is 0 Å². The molecule has 0 heterocycles. The maximum absolute atomic E-state index is 12.6. The van der Waals surface area contributed by atoms with Gasteiger partial charge in [0, 0.05) is 6.92 Å². The van der Waals surface area contributed by atoms with Gasteiger partial charge < -0.3 is 5.32 Å².